The Kier molecular flexibility index (Phi) is 4.69. The summed E-state index contributed by atoms with van der Waals surface area (Å²) in [4.78, 5) is 33.2. The molecule has 0 saturated carbocycles. The Hall–Kier alpha value is -2.96. The second kappa shape index (κ2) is 7.08. The molecule has 7 heteroatoms. The summed E-state index contributed by atoms with van der Waals surface area (Å²) >= 11 is 0. The maximum absolute atomic E-state index is 12.6. The lowest BCUT2D eigenvalue weighted by Crippen LogP contribution is -2.40. The Morgan fingerprint density at radius 1 is 1.21 bits per heavy atom. The summed E-state index contributed by atoms with van der Waals surface area (Å²) in [6.07, 6.45) is 5.53. The van der Waals surface area contributed by atoms with Crippen LogP contribution >= 0.6 is 0 Å². The molecule has 0 bridgehead atoms. The van der Waals surface area contributed by atoms with Crippen LogP contribution in [0.2, 0.25) is 0 Å². The van der Waals surface area contributed by atoms with Crippen molar-refractivity contribution in [2.24, 2.45) is 5.92 Å². The second-order valence-electron chi connectivity index (χ2n) is 5.58. The Balaban J connectivity index is 1.67. The molecule has 3 rings (SSSR count). The van der Waals surface area contributed by atoms with Gasteiger partial charge in [-0.15, -0.1) is 0 Å². The summed E-state index contributed by atoms with van der Waals surface area (Å²) < 4.78 is 5.58. The van der Waals surface area contributed by atoms with Crippen LogP contribution in [0.25, 0.3) is 0 Å². The van der Waals surface area contributed by atoms with Crippen LogP contribution in [-0.2, 0) is 4.79 Å². The predicted octanol–water partition coefficient (Wildman–Crippen LogP) is 2.21. The molecule has 0 unspecified atom stereocenters. The molecule has 1 amide bonds. The number of carbonyl (C=O) groups is 2. The van der Waals surface area contributed by atoms with Gasteiger partial charge in [-0.05, 0) is 31.0 Å². The highest BCUT2D eigenvalue weighted by Gasteiger charge is 2.27. The van der Waals surface area contributed by atoms with Crippen LogP contribution in [-0.4, -0.2) is 44.9 Å². The Bertz CT molecular complexity index is 728. The topological polar surface area (TPSA) is 92.6 Å². The molecule has 2 aromatic rings. The molecule has 0 aliphatic carbocycles. The van der Waals surface area contributed by atoms with E-state index in [0.717, 1.165) is 0 Å². The molecule has 2 heterocycles. The molecule has 0 radical (unpaired) electrons. The van der Waals surface area contributed by atoms with Crippen molar-refractivity contribution in [1.82, 2.24) is 14.9 Å². The summed E-state index contributed by atoms with van der Waals surface area (Å²) in [7, 11) is 0. The van der Waals surface area contributed by atoms with E-state index in [1.165, 1.54) is 12.4 Å². The standard InChI is InChI=1S/C17H17N3O4/c21-16(20-8-4-12(5-9-20)17(22)23)13-2-1-3-14(10-13)24-15-11-18-6-7-19-15/h1-3,6-7,10-12H,4-5,8-9H2,(H,22,23). The van der Waals surface area contributed by atoms with Crippen LogP contribution in [0.3, 0.4) is 0 Å². The number of benzene rings is 1. The minimum Gasteiger partial charge on any atom is -0.481 e. The largest absolute Gasteiger partial charge is 0.481 e. The number of aliphatic carboxylic acids is 1. The van der Waals surface area contributed by atoms with Crippen molar-refractivity contribution in [3.8, 4) is 11.6 Å². The number of hydrogen-bond acceptors (Lipinski definition) is 5. The summed E-state index contributed by atoms with van der Waals surface area (Å²) in [5.41, 5.74) is 0.505. The molecular weight excluding hydrogens is 310 g/mol. The van der Waals surface area contributed by atoms with E-state index in [4.69, 9.17) is 9.84 Å². The number of amides is 1. The number of aromatic nitrogens is 2. The Morgan fingerprint density at radius 3 is 2.67 bits per heavy atom. The lowest BCUT2D eigenvalue weighted by atomic mass is 9.96. The highest BCUT2D eigenvalue weighted by atomic mass is 16.5. The third-order valence-corrected chi connectivity index (χ3v) is 3.97. The average Bonchev–Trinajstić information content (AvgIpc) is 2.62. The Morgan fingerprint density at radius 2 is 2.00 bits per heavy atom. The monoisotopic (exact) mass is 327 g/mol. The third kappa shape index (κ3) is 3.68. The fourth-order valence-corrected chi connectivity index (χ4v) is 2.66. The second-order valence-corrected chi connectivity index (χ2v) is 5.58. The number of ether oxygens (including phenoxy) is 1. The van der Waals surface area contributed by atoms with Gasteiger partial charge in [0.1, 0.15) is 5.75 Å². The normalized spacial score (nSPS) is 15.1. The van der Waals surface area contributed by atoms with Gasteiger partial charge >= 0.3 is 5.97 Å². The first-order valence-corrected chi connectivity index (χ1v) is 7.69. The van der Waals surface area contributed by atoms with Crippen molar-refractivity contribution in [3.05, 3.63) is 48.4 Å². The van der Waals surface area contributed by atoms with Gasteiger partial charge in [-0.25, -0.2) is 4.98 Å². The van der Waals surface area contributed by atoms with Gasteiger partial charge in [0.15, 0.2) is 0 Å². The number of carbonyl (C=O) groups excluding carboxylic acids is 1. The van der Waals surface area contributed by atoms with Crippen molar-refractivity contribution >= 4 is 11.9 Å². The number of rotatable bonds is 4. The fraction of sp³-hybridized carbons (Fsp3) is 0.294. The van der Waals surface area contributed by atoms with Gasteiger partial charge in [-0.1, -0.05) is 6.07 Å². The maximum Gasteiger partial charge on any atom is 0.306 e. The smallest absolute Gasteiger partial charge is 0.306 e. The summed E-state index contributed by atoms with van der Waals surface area (Å²) in [6.45, 7) is 0.899. The van der Waals surface area contributed by atoms with Gasteiger partial charge in [-0.3, -0.25) is 14.6 Å². The first-order valence-electron chi connectivity index (χ1n) is 7.69. The van der Waals surface area contributed by atoms with Crippen molar-refractivity contribution in [2.75, 3.05) is 13.1 Å². The predicted molar refractivity (Wildman–Crippen MR) is 84.8 cm³/mol. The van der Waals surface area contributed by atoms with Crippen LogP contribution in [0.15, 0.2) is 42.9 Å². The number of hydrogen-bond donors (Lipinski definition) is 1. The summed E-state index contributed by atoms with van der Waals surface area (Å²) in [6, 6.07) is 6.85. The van der Waals surface area contributed by atoms with Crippen LogP contribution in [0.4, 0.5) is 0 Å². The molecule has 1 fully saturated rings. The van der Waals surface area contributed by atoms with Crippen molar-refractivity contribution < 1.29 is 19.4 Å². The molecule has 1 aliphatic heterocycles. The number of piperidine rings is 1. The lowest BCUT2D eigenvalue weighted by molar-refractivity contribution is -0.143. The first kappa shape index (κ1) is 15.9. The number of carboxylic acid groups (broad SMARTS) is 1. The van der Waals surface area contributed by atoms with E-state index in [0.29, 0.717) is 43.1 Å². The highest BCUT2D eigenvalue weighted by Crippen LogP contribution is 2.23. The molecule has 7 nitrogen and oxygen atoms in total. The summed E-state index contributed by atoms with van der Waals surface area (Å²) in [5, 5.41) is 9.03. The summed E-state index contributed by atoms with van der Waals surface area (Å²) in [5.74, 6) is -0.420. The van der Waals surface area contributed by atoms with E-state index in [1.807, 2.05) is 0 Å². The average molecular weight is 327 g/mol. The van der Waals surface area contributed by atoms with E-state index in [-0.39, 0.29) is 11.8 Å². The zero-order chi connectivity index (χ0) is 16.9. The molecule has 1 N–H and O–H groups in total. The van der Waals surface area contributed by atoms with Gasteiger partial charge in [0, 0.05) is 31.0 Å². The first-order chi connectivity index (χ1) is 11.6. The zero-order valence-corrected chi connectivity index (χ0v) is 13.0. The van der Waals surface area contributed by atoms with Crippen molar-refractivity contribution in [2.45, 2.75) is 12.8 Å². The maximum atomic E-state index is 12.6. The van der Waals surface area contributed by atoms with Crippen LogP contribution in [0.1, 0.15) is 23.2 Å². The van der Waals surface area contributed by atoms with Gasteiger partial charge in [0.05, 0.1) is 12.1 Å². The van der Waals surface area contributed by atoms with Gasteiger partial charge in [0.25, 0.3) is 5.91 Å². The fourth-order valence-electron chi connectivity index (χ4n) is 2.66. The molecule has 124 valence electrons. The molecule has 1 aromatic carbocycles. The zero-order valence-electron chi connectivity index (χ0n) is 13.0. The number of carboxylic acids is 1. The van der Waals surface area contributed by atoms with Gasteiger partial charge in [0.2, 0.25) is 5.88 Å². The van der Waals surface area contributed by atoms with Gasteiger partial charge < -0.3 is 14.7 Å². The molecule has 0 atom stereocenters. The third-order valence-electron chi connectivity index (χ3n) is 3.97. The van der Waals surface area contributed by atoms with Gasteiger partial charge in [-0.2, -0.15) is 0 Å². The van der Waals surface area contributed by atoms with Crippen LogP contribution < -0.4 is 4.74 Å². The lowest BCUT2D eigenvalue weighted by Gasteiger charge is -2.30. The van der Waals surface area contributed by atoms with E-state index >= 15 is 0 Å². The van der Waals surface area contributed by atoms with E-state index in [1.54, 1.807) is 35.4 Å². The molecule has 0 spiro atoms. The molecule has 1 saturated heterocycles. The van der Waals surface area contributed by atoms with Crippen LogP contribution in [0, 0.1) is 5.92 Å². The molecule has 1 aromatic heterocycles. The number of nitrogens with zero attached hydrogens (tertiary/aromatic N) is 3. The SMILES string of the molecule is O=C(O)C1CCN(C(=O)c2cccc(Oc3cnccn3)c2)CC1. The molecule has 24 heavy (non-hydrogen) atoms. The minimum absolute atomic E-state index is 0.122. The number of likely N-dealkylation sites (tertiary alicyclic amines) is 1. The van der Waals surface area contributed by atoms with E-state index < -0.39 is 5.97 Å². The van der Waals surface area contributed by atoms with Crippen molar-refractivity contribution in [3.63, 3.8) is 0 Å². The van der Waals surface area contributed by atoms with E-state index in [9.17, 15) is 9.59 Å². The highest BCUT2D eigenvalue weighted by molar-refractivity contribution is 5.94. The molecule has 1 aliphatic rings. The van der Waals surface area contributed by atoms with Crippen molar-refractivity contribution in [1.29, 1.82) is 0 Å². The quantitative estimate of drug-likeness (QED) is 0.925. The Labute approximate surface area is 138 Å². The van der Waals surface area contributed by atoms with E-state index in [2.05, 4.69) is 9.97 Å². The molecular formula is C17H17N3O4. The minimum atomic E-state index is -0.790. The van der Waals surface area contributed by atoms with Crippen LogP contribution in [0.5, 0.6) is 11.6 Å².